The maximum atomic E-state index is 13.4. The molecule has 0 saturated carbocycles. The third-order valence-electron chi connectivity index (χ3n) is 4.84. The first-order valence-electron chi connectivity index (χ1n) is 9.63. The van der Waals surface area contributed by atoms with E-state index < -0.39 is 22.5 Å². The van der Waals surface area contributed by atoms with Crippen LogP contribution >= 0.6 is 34.8 Å². The van der Waals surface area contributed by atoms with Crippen LogP contribution in [0.15, 0.2) is 65.6 Å². The number of sulfonamides is 1. The van der Waals surface area contributed by atoms with Crippen molar-refractivity contribution in [3.63, 3.8) is 0 Å². The molecular weight excluding hydrogens is 491 g/mol. The Balaban J connectivity index is 1.94. The summed E-state index contributed by atoms with van der Waals surface area (Å²) in [5.41, 5.74) is 2.64. The minimum atomic E-state index is -4.02. The van der Waals surface area contributed by atoms with E-state index >= 15 is 0 Å². The average molecular weight is 512 g/mol. The molecule has 0 saturated heterocycles. The number of hydrogen-bond donors (Lipinski definition) is 1. The molecule has 0 spiro atoms. The van der Waals surface area contributed by atoms with Gasteiger partial charge in [-0.3, -0.25) is 4.79 Å². The maximum Gasteiger partial charge on any atom is 0.243 e. The van der Waals surface area contributed by atoms with Gasteiger partial charge in [0, 0.05) is 32.9 Å². The van der Waals surface area contributed by atoms with Crippen molar-refractivity contribution in [1.82, 2.24) is 4.31 Å². The first kappa shape index (κ1) is 24.6. The van der Waals surface area contributed by atoms with Gasteiger partial charge in [-0.15, -0.1) is 0 Å². The highest BCUT2D eigenvalue weighted by atomic mass is 35.5. The highest BCUT2D eigenvalue weighted by Crippen LogP contribution is 2.28. The van der Waals surface area contributed by atoms with Crippen LogP contribution in [0.25, 0.3) is 0 Å². The largest absolute Gasteiger partial charge is 0.325 e. The Morgan fingerprint density at radius 2 is 1.56 bits per heavy atom. The Morgan fingerprint density at radius 1 is 0.938 bits per heavy atom. The van der Waals surface area contributed by atoms with E-state index in [1.807, 2.05) is 6.92 Å². The first-order valence-corrected chi connectivity index (χ1v) is 12.2. The van der Waals surface area contributed by atoms with Gasteiger partial charge < -0.3 is 5.32 Å². The summed E-state index contributed by atoms with van der Waals surface area (Å²) >= 11 is 18.5. The van der Waals surface area contributed by atoms with Gasteiger partial charge in [-0.25, -0.2) is 8.42 Å². The summed E-state index contributed by atoms with van der Waals surface area (Å²) in [4.78, 5) is 12.9. The van der Waals surface area contributed by atoms with Crippen LogP contribution in [0.1, 0.15) is 16.7 Å². The van der Waals surface area contributed by atoms with E-state index in [0.29, 0.717) is 26.3 Å². The third-order valence-corrected chi connectivity index (χ3v) is 7.59. The van der Waals surface area contributed by atoms with Crippen molar-refractivity contribution in [2.45, 2.75) is 25.3 Å². The number of rotatable bonds is 7. The van der Waals surface area contributed by atoms with Crippen molar-refractivity contribution < 1.29 is 13.2 Å². The molecule has 0 bridgehead atoms. The van der Waals surface area contributed by atoms with E-state index in [2.05, 4.69) is 5.32 Å². The fourth-order valence-electron chi connectivity index (χ4n) is 3.06. The molecule has 0 aromatic heterocycles. The van der Waals surface area contributed by atoms with Gasteiger partial charge in [-0.2, -0.15) is 4.31 Å². The van der Waals surface area contributed by atoms with Crippen molar-refractivity contribution in [3.05, 3.63) is 92.4 Å². The summed E-state index contributed by atoms with van der Waals surface area (Å²) in [6.45, 7) is 3.06. The summed E-state index contributed by atoms with van der Waals surface area (Å²) < 4.78 is 27.9. The lowest BCUT2D eigenvalue weighted by atomic mass is 10.2. The molecule has 0 fully saturated rings. The molecule has 32 heavy (non-hydrogen) atoms. The van der Waals surface area contributed by atoms with Gasteiger partial charge in [0.1, 0.15) is 0 Å². The molecule has 3 aromatic rings. The van der Waals surface area contributed by atoms with Crippen LogP contribution in [0.3, 0.4) is 0 Å². The first-order chi connectivity index (χ1) is 15.1. The summed E-state index contributed by atoms with van der Waals surface area (Å²) in [6.07, 6.45) is 0. The standard InChI is InChI=1S/C23H21Cl3N2O3S/c1-15-6-9-18(10-7-15)32(30,31)28(13-19-20(25)4-3-5-21(19)26)14-23(29)27-22-11-8-17(24)12-16(22)2/h3-12H,13-14H2,1-2H3,(H,27,29). The lowest BCUT2D eigenvalue weighted by Crippen LogP contribution is -2.37. The summed E-state index contributed by atoms with van der Waals surface area (Å²) in [6, 6.07) is 16.3. The molecule has 0 aliphatic carbocycles. The number of nitrogens with one attached hydrogen (secondary N) is 1. The summed E-state index contributed by atoms with van der Waals surface area (Å²) in [5.74, 6) is -0.505. The zero-order valence-electron chi connectivity index (χ0n) is 17.4. The minimum absolute atomic E-state index is 0.0711. The van der Waals surface area contributed by atoms with E-state index in [1.165, 1.54) is 12.1 Å². The van der Waals surface area contributed by atoms with E-state index in [1.54, 1.807) is 55.5 Å². The van der Waals surface area contributed by atoms with Gasteiger partial charge in [0.2, 0.25) is 15.9 Å². The number of benzene rings is 3. The zero-order valence-corrected chi connectivity index (χ0v) is 20.5. The summed E-state index contributed by atoms with van der Waals surface area (Å²) in [7, 11) is -4.02. The second-order valence-electron chi connectivity index (χ2n) is 7.29. The molecule has 0 aliphatic rings. The number of aryl methyl sites for hydroxylation is 2. The molecule has 0 unspecified atom stereocenters. The molecule has 0 radical (unpaired) electrons. The molecule has 0 atom stereocenters. The van der Waals surface area contributed by atoms with Gasteiger partial charge >= 0.3 is 0 Å². The highest BCUT2D eigenvalue weighted by Gasteiger charge is 2.28. The van der Waals surface area contributed by atoms with Crippen LogP contribution in [0, 0.1) is 13.8 Å². The number of amides is 1. The Bertz CT molecular complexity index is 1230. The molecule has 9 heteroatoms. The topological polar surface area (TPSA) is 66.5 Å². The molecule has 168 valence electrons. The van der Waals surface area contributed by atoms with Gasteiger partial charge in [0.05, 0.1) is 11.4 Å². The molecule has 1 amide bonds. The molecule has 0 heterocycles. The molecular formula is C23H21Cl3N2O3S. The second kappa shape index (κ2) is 10.2. The second-order valence-corrected chi connectivity index (χ2v) is 10.5. The molecule has 3 rings (SSSR count). The van der Waals surface area contributed by atoms with E-state index in [-0.39, 0.29) is 11.4 Å². The Hall–Kier alpha value is -2.09. The van der Waals surface area contributed by atoms with Crippen molar-refractivity contribution >= 4 is 56.4 Å². The van der Waals surface area contributed by atoms with Crippen molar-refractivity contribution in [2.75, 3.05) is 11.9 Å². The van der Waals surface area contributed by atoms with Crippen molar-refractivity contribution in [2.24, 2.45) is 0 Å². The Kier molecular flexibility index (Phi) is 7.85. The van der Waals surface area contributed by atoms with Crippen molar-refractivity contribution in [3.8, 4) is 0 Å². The molecule has 5 nitrogen and oxygen atoms in total. The fourth-order valence-corrected chi connectivity index (χ4v) is 5.17. The van der Waals surface area contributed by atoms with Crippen LogP contribution in [0.2, 0.25) is 15.1 Å². The monoisotopic (exact) mass is 510 g/mol. The lowest BCUT2D eigenvalue weighted by Gasteiger charge is -2.23. The normalized spacial score (nSPS) is 11.6. The molecule has 0 aliphatic heterocycles. The van der Waals surface area contributed by atoms with Gasteiger partial charge in [0.25, 0.3) is 0 Å². The Morgan fingerprint density at radius 3 is 2.16 bits per heavy atom. The minimum Gasteiger partial charge on any atom is -0.325 e. The van der Waals surface area contributed by atoms with Crippen LogP contribution in [-0.4, -0.2) is 25.2 Å². The number of carbonyl (C=O) groups excluding carboxylic acids is 1. The lowest BCUT2D eigenvalue weighted by molar-refractivity contribution is -0.116. The number of halogens is 3. The summed E-state index contributed by atoms with van der Waals surface area (Å²) in [5, 5.41) is 3.92. The fraction of sp³-hybridized carbons (Fsp3) is 0.174. The number of hydrogen-bond acceptors (Lipinski definition) is 3. The molecule has 3 aromatic carbocycles. The zero-order chi connectivity index (χ0) is 23.5. The smallest absolute Gasteiger partial charge is 0.243 e. The van der Waals surface area contributed by atoms with Gasteiger partial charge in [-0.1, -0.05) is 58.6 Å². The Labute approximate surface area is 203 Å². The quantitative estimate of drug-likeness (QED) is 0.417. The van der Waals surface area contributed by atoms with Gasteiger partial charge in [-0.05, 0) is 61.9 Å². The highest BCUT2D eigenvalue weighted by molar-refractivity contribution is 7.89. The van der Waals surface area contributed by atoms with Crippen LogP contribution < -0.4 is 5.32 Å². The maximum absolute atomic E-state index is 13.4. The predicted molar refractivity (Wildman–Crippen MR) is 130 cm³/mol. The van der Waals surface area contributed by atoms with Crippen LogP contribution in [0.4, 0.5) is 5.69 Å². The van der Waals surface area contributed by atoms with E-state index in [4.69, 9.17) is 34.8 Å². The molecule has 1 N–H and O–H groups in total. The van der Waals surface area contributed by atoms with E-state index in [9.17, 15) is 13.2 Å². The SMILES string of the molecule is Cc1ccc(S(=O)(=O)N(CC(=O)Nc2ccc(Cl)cc2C)Cc2c(Cl)cccc2Cl)cc1. The number of nitrogens with zero attached hydrogens (tertiary/aromatic N) is 1. The number of anilines is 1. The van der Waals surface area contributed by atoms with E-state index in [0.717, 1.165) is 15.4 Å². The van der Waals surface area contributed by atoms with Gasteiger partial charge in [0.15, 0.2) is 0 Å². The predicted octanol–water partition coefficient (Wildman–Crippen LogP) is 6.09. The van der Waals surface area contributed by atoms with Crippen molar-refractivity contribution in [1.29, 1.82) is 0 Å². The number of carbonyl (C=O) groups is 1. The third kappa shape index (κ3) is 5.82. The van der Waals surface area contributed by atoms with Crippen LogP contribution in [-0.2, 0) is 21.4 Å². The average Bonchev–Trinajstić information content (AvgIpc) is 2.72. The van der Waals surface area contributed by atoms with Crippen LogP contribution in [0.5, 0.6) is 0 Å².